The van der Waals surface area contributed by atoms with E-state index in [4.69, 9.17) is 5.73 Å². The van der Waals surface area contributed by atoms with E-state index in [0.717, 1.165) is 18.9 Å². The topological polar surface area (TPSA) is 49.6 Å². The maximum atomic E-state index is 12.0. The molecule has 2 atom stereocenters. The van der Waals surface area contributed by atoms with Crippen LogP contribution in [0.1, 0.15) is 33.6 Å². The molecule has 1 heterocycles. The van der Waals surface area contributed by atoms with E-state index in [1.54, 1.807) is 0 Å². The minimum atomic E-state index is 0. The Morgan fingerprint density at radius 3 is 2.61 bits per heavy atom. The fourth-order valence-corrected chi connectivity index (χ4v) is 2.33. The third-order valence-electron chi connectivity index (χ3n) is 3.88. The molecule has 1 aliphatic heterocycles. The standard InChI is InChI=1S/C13H27N3O.ClH/c1-10(2)15(4)13(17)9-16-6-5-11(3)7-12(16)8-14;/h10-12H,5-9,14H2,1-4H3;1H. The molecule has 1 rings (SSSR count). The van der Waals surface area contributed by atoms with Crippen molar-refractivity contribution in [2.45, 2.75) is 45.7 Å². The van der Waals surface area contributed by atoms with Gasteiger partial charge in [-0.25, -0.2) is 0 Å². The maximum Gasteiger partial charge on any atom is 0.236 e. The third-order valence-corrected chi connectivity index (χ3v) is 3.88. The summed E-state index contributed by atoms with van der Waals surface area (Å²) in [5.41, 5.74) is 5.80. The lowest BCUT2D eigenvalue weighted by Gasteiger charge is -2.38. The first-order valence-electron chi connectivity index (χ1n) is 6.65. The van der Waals surface area contributed by atoms with Crippen LogP contribution >= 0.6 is 12.4 Å². The van der Waals surface area contributed by atoms with Crippen LogP contribution in [0.3, 0.4) is 0 Å². The van der Waals surface area contributed by atoms with E-state index in [1.807, 2.05) is 25.8 Å². The molecule has 2 unspecified atom stereocenters. The maximum absolute atomic E-state index is 12.0. The summed E-state index contributed by atoms with van der Waals surface area (Å²) in [5, 5.41) is 0. The quantitative estimate of drug-likeness (QED) is 0.844. The lowest BCUT2D eigenvalue weighted by molar-refractivity contribution is -0.133. The highest BCUT2D eigenvalue weighted by Crippen LogP contribution is 2.21. The molecular formula is C13H28ClN3O. The second-order valence-electron chi connectivity index (χ2n) is 5.59. The molecule has 0 radical (unpaired) electrons. The number of nitrogens with two attached hydrogens (primary N) is 1. The van der Waals surface area contributed by atoms with Gasteiger partial charge in [0.15, 0.2) is 0 Å². The zero-order valence-corrected chi connectivity index (χ0v) is 12.9. The molecule has 0 aromatic rings. The van der Waals surface area contributed by atoms with Crippen molar-refractivity contribution in [3.63, 3.8) is 0 Å². The SMILES string of the molecule is CC1CCN(CC(=O)N(C)C(C)C)C(CN)C1.Cl. The second kappa shape index (κ2) is 7.97. The van der Waals surface area contributed by atoms with Crippen molar-refractivity contribution in [2.24, 2.45) is 11.7 Å². The molecule has 4 nitrogen and oxygen atoms in total. The van der Waals surface area contributed by atoms with Crippen LogP contribution in [-0.4, -0.2) is 54.5 Å². The summed E-state index contributed by atoms with van der Waals surface area (Å²) in [6, 6.07) is 0.644. The Morgan fingerprint density at radius 2 is 2.11 bits per heavy atom. The molecule has 1 amide bonds. The first-order valence-corrected chi connectivity index (χ1v) is 6.65. The average Bonchev–Trinajstić information content (AvgIpc) is 2.30. The number of hydrogen-bond acceptors (Lipinski definition) is 3. The average molecular weight is 278 g/mol. The summed E-state index contributed by atoms with van der Waals surface area (Å²) in [4.78, 5) is 16.1. The Bertz CT molecular complexity index is 261. The summed E-state index contributed by atoms with van der Waals surface area (Å²) < 4.78 is 0. The smallest absolute Gasteiger partial charge is 0.236 e. The number of likely N-dealkylation sites (N-methyl/N-ethyl adjacent to an activating group) is 1. The van der Waals surface area contributed by atoms with Crippen molar-refractivity contribution < 1.29 is 4.79 Å². The number of halogens is 1. The Kier molecular flexibility index (Phi) is 7.83. The molecule has 0 spiro atoms. The molecular weight excluding hydrogens is 250 g/mol. The van der Waals surface area contributed by atoms with Gasteiger partial charge >= 0.3 is 0 Å². The van der Waals surface area contributed by atoms with E-state index in [-0.39, 0.29) is 24.4 Å². The van der Waals surface area contributed by atoms with Crippen LogP contribution in [0.4, 0.5) is 0 Å². The van der Waals surface area contributed by atoms with Crippen molar-refractivity contribution in [1.29, 1.82) is 0 Å². The highest BCUT2D eigenvalue weighted by Gasteiger charge is 2.27. The second-order valence-corrected chi connectivity index (χ2v) is 5.59. The number of likely N-dealkylation sites (tertiary alicyclic amines) is 1. The van der Waals surface area contributed by atoms with Gasteiger partial charge in [-0.2, -0.15) is 0 Å². The summed E-state index contributed by atoms with van der Waals surface area (Å²) >= 11 is 0. The zero-order valence-electron chi connectivity index (χ0n) is 12.1. The first kappa shape index (κ1) is 17.7. The van der Waals surface area contributed by atoms with Crippen molar-refractivity contribution in [2.75, 3.05) is 26.7 Å². The molecule has 1 aliphatic rings. The summed E-state index contributed by atoms with van der Waals surface area (Å²) in [5.74, 6) is 0.936. The van der Waals surface area contributed by atoms with E-state index >= 15 is 0 Å². The third kappa shape index (κ3) is 4.75. The number of carbonyl (C=O) groups excluding carboxylic acids is 1. The first-order chi connectivity index (χ1) is 7.95. The molecule has 1 saturated heterocycles. The van der Waals surface area contributed by atoms with Gasteiger partial charge < -0.3 is 10.6 Å². The van der Waals surface area contributed by atoms with Crippen molar-refractivity contribution in [3.05, 3.63) is 0 Å². The van der Waals surface area contributed by atoms with Crippen molar-refractivity contribution >= 4 is 18.3 Å². The number of hydrogen-bond donors (Lipinski definition) is 1. The molecule has 2 N–H and O–H groups in total. The summed E-state index contributed by atoms with van der Waals surface area (Å²) in [6.45, 7) is 8.52. The monoisotopic (exact) mass is 277 g/mol. The normalized spacial score (nSPS) is 24.8. The van der Waals surface area contributed by atoms with Crippen molar-refractivity contribution in [3.8, 4) is 0 Å². The highest BCUT2D eigenvalue weighted by molar-refractivity contribution is 5.85. The Balaban J connectivity index is 0.00000289. The van der Waals surface area contributed by atoms with Gasteiger partial charge in [-0.1, -0.05) is 6.92 Å². The van der Waals surface area contributed by atoms with E-state index in [2.05, 4.69) is 11.8 Å². The molecule has 0 saturated carbocycles. The summed E-state index contributed by atoms with van der Waals surface area (Å²) in [7, 11) is 1.87. The number of amides is 1. The number of carbonyl (C=O) groups is 1. The molecule has 18 heavy (non-hydrogen) atoms. The molecule has 108 valence electrons. The molecule has 0 aliphatic carbocycles. The summed E-state index contributed by atoms with van der Waals surface area (Å²) in [6.07, 6.45) is 2.30. The molecule has 0 bridgehead atoms. The fraction of sp³-hybridized carbons (Fsp3) is 0.923. The van der Waals surface area contributed by atoms with Gasteiger partial charge in [0.1, 0.15) is 0 Å². The molecule has 1 fully saturated rings. The van der Waals surface area contributed by atoms with Crippen LogP contribution in [0.25, 0.3) is 0 Å². The van der Waals surface area contributed by atoms with Crippen molar-refractivity contribution in [1.82, 2.24) is 9.80 Å². The lowest BCUT2D eigenvalue weighted by atomic mass is 9.92. The van der Waals surface area contributed by atoms with Crippen LogP contribution in [0.2, 0.25) is 0 Å². The van der Waals surface area contributed by atoms with Crippen LogP contribution in [0.15, 0.2) is 0 Å². The van der Waals surface area contributed by atoms with Gasteiger partial charge in [0, 0.05) is 25.7 Å². The Labute approximate surface area is 117 Å². The van der Waals surface area contributed by atoms with Gasteiger partial charge in [0.05, 0.1) is 6.54 Å². The van der Waals surface area contributed by atoms with Gasteiger partial charge in [-0.3, -0.25) is 9.69 Å². The van der Waals surface area contributed by atoms with Gasteiger partial charge in [-0.15, -0.1) is 12.4 Å². The minimum Gasteiger partial charge on any atom is -0.342 e. The van der Waals surface area contributed by atoms with E-state index in [1.165, 1.54) is 6.42 Å². The minimum absolute atomic E-state index is 0. The van der Waals surface area contributed by atoms with Crippen LogP contribution < -0.4 is 5.73 Å². The molecule has 0 aromatic heterocycles. The largest absolute Gasteiger partial charge is 0.342 e. The zero-order chi connectivity index (χ0) is 13.0. The molecule has 5 heteroatoms. The molecule has 0 aromatic carbocycles. The van der Waals surface area contributed by atoms with Gasteiger partial charge in [-0.05, 0) is 39.2 Å². The van der Waals surface area contributed by atoms with E-state index in [0.29, 0.717) is 19.1 Å². The van der Waals surface area contributed by atoms with Crippen LogP contribution in [-0.2, 0) is 4.79 Å². The van der Waals surface area contributed by atoms with Crippen LogP contribution in [0.5, 0.6) is 0 Å². The highest BCUT2D eigenvalue weighted by atomic mass is 35.5. The number of piperidine rings is 1. The number of rotatable bonds is 4. The van der Waals surface area contributed by atoms with Gasteiger partial charge in [0.2, 0.25) is 5.91 Å². The van der Waals surface area contributed by atoms with Gasteiger partial charge in [0.25, 0.3) is 0 Å². The number of nitrogens with zero attached hydrogens (tertiary/aromatic N) is 2. The lowest BCUT2D eigenvalue weighted by Crippen LogP contribution is -2.51. The predicted molar refractivity (Wildman–Crippen MR) is 78.0 cm³/mol. The Hall–Kier alpha value is -0.320. The van der Waals surface area contributed by atoms with E-state index in [9.17, 15) is 4.79 Å². The predicted octanol–water partition coefficient (Wildman–Crippen LogP) is 1.33. The van der Waals surface area contributed by atoms with Crippen LogP contribution in [0, 0.1) is 5.92 Å². The fourth-order valence-electron chi connectivity index (χ4n) is 2.33. The van der Waals surface area contributed by atoms with E-state index < -0.39 is 0 Å². The Morgan fingerprint density at radius 1 is 1.50 bits per heavy atom.